The van der Waals surface area contributed by atoms with Crippen molar-refractivity contribution in [1.82, 2.24) is 19.7 Å². The Balaban J connectivity index is 1.51. The van der Waals surface area contributed by atoms with Crippen LogP contribution in [0.5, 0.6) is 0 Å². The molecule has 0 radical (unpaired) electrons. The summed E-state index contributed by atoms with van der Waals surface area (Å²) in [5.74, 6) is -1.23. The van der Waals surface area contributed by atoms with Crippen LogP contribution in [-0.4, -0.2) is 57.1 Å². The molecule has 2 aromatic heterocycles. The van der Waals surface area contributed by atoms with Gasteiger partial charge in [-0.15, -0.1) is 11.3 Å². The summed E-state index contributed by atoms with van der Waals surface area (Å²) < 4.78 is 6.69. The minimum Gasteiger partial charge on any atom is -0.451 e. The van der Waals surface area contributed by atoms with Gasteiger partial charge in [-0.25, -0.2) is 9.78 Å². The molecule has 1 N–H and O–H groups in total. The molecule has 0 saturated carbocycles. The maximum Gasteiger partial charge on any atom is 0.358 e. The highest BCUT2D eigenvalue weighted by Gasteiger charge is 2.16. The Morgan fingerprint density at radius 2 is 1.87 bits per heavy atom. The topological polar surface area (TPSA) is 106 Å². The van der Waals surface area contributed by atoms with Gasteiger partial charge < -0.3 is 15.0 Å². The maximum absolute atomic E-state index is 12.3. The summed E-state index contributed by atoms with van der Waals surface area (Å²) >= 11 is 1.29. The number of benzene rings is 1. The zero-order valence-corrected chi connectivity index (χ0v) is 18.3. The van der Waals surface area contributed by atoms with Crippen LogP contribution in [0.4, 0.5) is 5.69 Å². The SMILES string of the molecule is CCN(CC)C(=O)c1ccc(NC(=O)COC(=O)c2csc(-c3cnn(C)c3)n2)cc1. The molecule has 1 aromatic carbocycles. The molecule has 3 rings (SSSR count). The molecular formula is C21H23N5O4S. The molecule has 162 valence electrons. The van der Waals surface area contributed by atoms with E-state index in [9.17, 15) is 14.4 Å². The Hall–Kier alpha value is -3.53. The van der Waals surface area contributed by atoms with Gasteiger partial charge in [-0.1, -0.05) is 0 Å². The second kappa shape index (κ2) is 9.98. The Bertz CT molecular complexity index is 1070. The van der Waals surface area contributed by atoms with E-state index < -0.39 is 18.5 Å². The monoisotopic (exact) mass is 441 g/mol. The number of amides is 2. The number of anilines is 1. The standard InChI is InChI=1S/C21H23N5O4S/c1-4-26(5-2)20(28)14-6-8-16(9-7-14)23-18(27)12-30-21(29)17-13-31-19(24-17)15-10-22-25(3)11-15/h6-11,13H,4-5,12H2,1-3H3,(H,23,27). The normalized spacial score (nSPS) is 10.5. The van der Waals surface area contributed by atoms with Crippen LogP contribution in [0.2, 0.25) is 0 Å². The number of esters is 1. The lowest BCUT2D eigenvalue weighted by Gasteiger charge is -2.18. The van der Waals surface area contributed by atoms with Crippen molar-refractivity contribution in [2.45, 2.75) is 13.8 Å². The largest absolute Gasteiger partial charge is 0.451 e. The minimum absolute atomic E-state index is 0.0641. The molecule has 2 amide bonds. The van der Waals surface area contributed by atoms with E-state index >= 15 is 0 Å². The molecule has 0 bridgehead atoms. The molecule has 9 nitrogen and oxygen atoms in total. The number of aryl methyl sites for hydroxylation is 1. The van der Waals surface area contributed by atoms with Crippen LogP contribution in [0.25, 0.3) is 10.6 Å². The third kappa shape index (κ3) is 5.54. The van der Waals surface area contributed by atoms with E-state index in [-0.39, 0.29) is 11.6 Å². The summed E-state index contributed by atoms with van der Waals surface area (Å²) in [5.41, 5.74) is 1.98. The summed E-state index contributed by atoms with van der Waals surface area (Å²) in [4.78, 5) is 42.5. The summed E-state index contributed by atoms with van der Waals surface area (Å²) in [7, 11) is 1.79. The van der Waals surface area contributed by atoms with Crippen LogP contribution in [0.15, 0.2) is 42.0 Å². The van der Waals surface area contributed by atoms with Crippen molar-refractivity contribution in [3.8, 4) is 10.6 Å². The average molecular weight is 442 g/mol. The van der Waals surface area contributed by atoms with Gasteiger partial charge in [0, 0.05) is 48.5 Å². The number of carbonyl (C=O) groups excluding carboxylic acids is 3. The molecular weight excluding hydrogens is 418 g/mol. The first-order valence-corrected chi connectivity index (χ1v) is 10.6. The van der Waals surface area contributed by atoms with E-state index in [2.05, 4.69) is 15.4 Å². The summed E-state index contributed by atoms with van der Waals surface area (Å²) in [6, 6.07) is 6.57. The van der Waals surface area contributed by atoms with Crippen molar-refractivity contribution in [3.05, 3.63) is 53.3 Å². The van der Waals surface area contributed by atoms with E-state index in [1.165, 1.54) is 11.3 Å². The van der Waals surface area contributed by atoms with Gasteiger partial charge in [0.05, 0.1) is 6.20 Å². The molecule has 0 aliphatic rings. The lowest BCUT2D eigenvalue weighted by atomic mass is 10.2. The number of ether oxygens (including phenoxy) is 1. The fraction of sp³-hybridized carbons (Fsp3) is 0.286. The zero-order valence-electron chi connectivity index (χ0n) is 17.5. The van der Waals surface area contributed by atoms with Gasteiger partial charge in [-0.05, 0) is 38.1 Å². The second-order valence-corrected chi connectivity index (χ2v) is 7.48. The predicted octanol–water partition coefficient (Wildman–Crippen LogP) is 2.82. The molecule has 0 aliphatic heterocycles. The van der Waals surface area contributed by atoms with Gasteiger partial charge in [0.2, 0.25) is 0 Å². The molecule has 0 atom stereocenters. The number of hydrogen-bond acceptors (Lipinski definition) is 7. The highest BCUT2D eigenvalue weighted by Crippen LogP contribution is 2.23. The predicted molar refractivity (Wildman–Crippen MR) is 117 cm³/mol. The average Bonchev–Trinajstić information content (AvgIpc) is 3.42. The van der Waals surface area contributed by atoms with E-state index in [1.807, 2.05) is 13.8 Å². The van der Waals surface area contributed by atoms with Gasteiger partial charge >= 0.3 is 5.97 Å². The van der Waals surface area contributed by atoms with Gasteiger partial charge in [0.1, 0.15) is 5.01 Å². The first-order chi connectivity index (χ1) is 14.9. The van der Waals surface area contributed by atoms with Crippen LogP contribution < -0.4 is 5.32 Å². The van der Waals surface area contributed by atoms with Crippen molar-refractivity contribution in [2.75, 3.05) is 25.0 Å². The Kier molecular flexibility index (Phi) is 7.14. The second-order valence-electron chi connectivity index (χ2n) is 6.62. The van der Waals surface area contributed by atoms with Crippen LogP contribution in [0.1, 0.15) is 34.7 Å². The third-order valence-corrected chi connectivity index (χ3v) is 5.36. The molecule has 0 fully saturated rings. The summed E-state index contributed by atoms with van der Waals surface area (Å²) in [5, 5.41) is 8.93. The number of nitrogens with zero attached hydrogens (tertiary/aromatic N) is 4. The first kappa shape index (κ1) is 22.2. The summed E-state index contributed by atoms with van der Waals surface area (Å²) in [6.07, 6.45) is 3.45. The van der Waals surface area contributed by atoms with Crippen LogP contribution >= 0.6 is 11.3 Å². The fourth-order valence-electron chi connectivity index (χ4n) is 2.82. The minimum atomic E-state index is -0.679. The first-order valence-electron chi connectivity index (χ1n) is 9.72. The van der Waals surface area contributed by atoms with Crippen LogP contribution in [-0.2, 0) is 16.6 Å². The Morgan fingerprint density at radius 3 is 2.48 bits per heavy atom. The highest BCUT2D eigenvalue weighted by atomic mass is 32.1. The third-order valence-electron chi connectivity index (χ3n) is 4.47. The van der Waals surface area contributed by atoms with Gasteiger partial charge in [-0.3, -0.25) is 14.3 Å². The molecule has 0 saturated heterocycles. The van der Waals surface area contributed by atoms with Gasteiger partial charge in [0.15, 0.2) is 12.3 Å². The number of thiazole rings is 1. The van der Waals surface area contributed by atoms with Crippen LogP contribution in [0.3, 0.4) is 0 Å². The molecule has 31 heavy (non-hydrogen) atoms. The highest BCUT2D eigenvalue weighted by molar-refractivity contribution is 7.13. The zero-order chi connectivity index (χ0) is 22.4. The molecule has 0 spiro atoms. The van der Waals surface area contributed by atoms with Crippen molar-refractivity contribution in [2.24, 2.45) is 7.05 Å². The van der Waals surface area contributed by atoms with Crippen molar-refractivity contribution < 1.29 is 19.1 Å². The van der Waals surface area contributed by atoms with Gasteiger partial charge in [-0.2, -0.15) is 5.10 Å². The van der Waals surface area contributed by atoms with E-state index in [1.54, 1.807) is 58.7 Å². The molecule has 0 unspecified atom stereocenters. The van der Waals surface area contributed by atoms with E-state index in [0.717, 1.165) is 5.56 Å². The fourth-order valence-corrected chi connectivity index (χ4v) is 3.59. The van der Waals surface area contributed by atoms with Crippen molar-refractivity contribution in [3.63, 3.8) is 0 Å². The number of hydrogen-bond donors (Lipinski definition) is 1. The Morgan fingerprint density at radius 1 is 1.16 bits per heavy atom. The Labute approximate surface area is 183 Å². The lowest BCUT2D eigenvalue weighted by Crippen LogP contribution is -2.30. The van der Waals surface area contributed by atoms with Crippen LogP contribution in [0, 0.1) is 0 Å². The lowest BCUT2D eigenvalue weighted by molar-refractivity contribution is -0.119. The maximum atomic E-state index is 12.3. The van der Waals surface area contributed by atoms with Crippen molar-refractivity contribution in [1.29, 1.82) is 0 Å². The molecule has 0 aliphatic carbocycles. The molecule has 3 aromatic rings. The molecule has 2 heterocycles. The van der Waals surface area contributed by atoms with E-state index in [4.69, 9.17) is 4.74 Å². The number of rotatable bonds is 8. The van der Waals surface area contributed by atoms with E-state index in [0.29, 0.717) is 29.3 Å². The number of carbonyl (C=O) groups is 3. The smallest absolute Gasteiger partial charge is 0.358 e. The number of aromatic nitrogens is 3. The number of nitrogens with one attached hydrogen (secondary N) is 1. The van der Waals surface area contributed by atoms with Gasteiger partial charge in [0.25, 0.3) is 11.8 Å². The quantitative estimate of drug-likeness (QED) is 0.539. The van der Waals surface area contributed by atoms with Crippen molar-refractivity contribution >= 4 is 34.8 Å². The summed E-state index contributed by atoms with van der Waals surface area (Å²) in [6.45, 7) is 4.65. The molecule has 10 heteroatoms.